The van der Waals surface area contributed by atoms with E-state index in [4.69, 9.17) is 14.2 Å². The third-order valence-corrected chi connectivity index (χ3v) is 8.81. The van der Waals surface area contributed by atoms with Crippen LogP contribution >= 0.6 is 0 Å². The number of unbranched alkanes of at least 4 members (excludes halogenated alkanes) is 3. The summed E-state index contributed by atoms with van der Waals surface area (Å²) in [5.41, 5.74) is -3.86. The molecule has 3 saturated heterocycles. The van der Waals surface area contributed by atoms with Gasteiger partial charge in [-0.2, -0.15) is 22.0 Å². The van der Waals surface area contributed by atoms with Crippen molar-refractivity contribution in [3.05, 3.63) is 100 Å². The Kier molecular flexibility index (Phi) is 9.77. The molecule has 3 heterocycles. The van der Waals surface area contributed by atoms with Crippen LogP contribution in [0.25, 0.3) is 21.9 Å². The molecular formula is C37H28F10O4. The van der Waals surface area contributed by atoms with Gasteiger partial charge in [0.05, 0.1) is 25.4 Å². The Morgan fingerprint density at radius 3 is 2.02 bits per heavy atom. The minimum absolute atomic E-state index is 0.00380. The van der Waals surface area contributed by atoms with E-state index in [1.54, 1.807) is 0 Å². The van der Waals surface area contributed by atoms with Gasteiger partial charge in [-0.25, -0.2) is 22.0 Å². The number of benzene rings is 4. The van der Waals surface area contributed by atoms with Crippen LogP contribution in [-0.4, -0.2) is 26.0 Å². The zero-order valence-corrected chi connectivity index (χ0v) is 26.8. The van der Waals surface area contributed by atoms with Gasteiger partial charge in [0, 0.05) is 33.9 Å². The zero-order chi connectivity index (χ0) is 36.8. The van der Waals surface area contributed by atoms with Crippen molar-refractivity contribution in [1.29, 1.82) is 0 Å². The molecular weight excluding hydrogens is 698 g/mol. The molecule has 0 spiro atoms. The summed E-state index contributed by atoms with van der Waals surface area (Å²) in [4.78, 5) is 0. The molecule has 3 aliphatic heterocycles. The number of halogens is 10. The second-order valence-corrected chi connectivity index (χ2v) is 12.5. The van der Waals surface area contributed by atoms with E-state index in [-0.39, 0.29) is 47.3 Å². The van der Waals surface area contributed by atoms with Crippen LogP contribution < -0.4 is 4.74 Å². The van der Waals surface area contributed by atoms with Gasteiger partial charge in [0.25, 0.3) is 0 Å². The maximum Gasteiger partial charge on any atom is 0.458 e. The second-order valence-electron chi connectivity index (χ2n) is 12.5. The molecule has 0 aliphatic carbocycles. The first-order valence-corrected chi connectivity index (χ1v) is 15.9. The number of ether oxygens (including phenoxy) is 4. The molecule has 51 heavy (non-hydrogen) atoms. The first-order valence-electron chi connectivity index (χ1n) is 15.9. The van der Waals surface area contributed by atoms with Gasteiger partial charge >= 0.3 is 18.3 Å². The lowest BCUT2D eigenvalue weighted by atomic mass is 9.82. The van der Waals surface area contributed by atoms with Crippen LogP contribution in [0.5, 0.6) is 5.75 Å². The Bertz CT molecular complexity index is 1980. The third-order valence-electron chi connectivity index (χ3n) is 8.81. The molecule has 0 atom stereocenters. The van der Waals surface area contributed by atoms with Crippen molar-refractivity contribution < 1.29 is 62.9 Å². The minimum atomic E-state index is -4.99. The molecule has 0 N–H and O–H groups in total. The summed E-state index contributed by atoms with van der Waals surface area (Å²) < 4.78 is 165. The van der Waals surface area contributed by atoms with Crippen molar-refractivity contribution in [2.75, 3.05) is 19.8 Å². The van der Waals surface area contributed by atoms with Crippen molar-refractivity contribution in [1.82, 2.24) is 0 Å². The number of rotatable bonds is 10. The van der Waals surface area contributed by atoms with Crippen LogP contribution in [0.4, 0.5) is 43.9 Å². The van der Waals surface area contributed by atoms with Crippen LogP contribution in [-0.2, 0) is 26.3 Å². The predicted octanol–water partition coefficient (Wildman–Crippen LogP) is 10.4. The van der Waals surface area contributed by atoms with E-state index < -0.39 is 69.6 Å². The number of hydrogen-bond acceptors (Lipinski definition) is 4. The molecule has 4 nitrogen and oxygen atoms in total. The summed E-state index contributed by atoms with van der Waals surface area (Å²) in [7, 11) is 0. The predicted molar refractivity (Wildman–Crippen MR) is 164 cm³/mol. The Morgan fingerprint density at radius 2 is 1.41 bits per heavy atom. The van der Waals surface area contributed by atoms with E-state index >= 15 is 22.0 Å². The molecule has 0 aromatic heterocycles. The summed E-state index contributed by atoms with van der Waals surface area (Å²) in [6.07, 6.45) is -4.82. The van der Waals surface area contributed by atoms with Crippen LogP contribution in [0, 0.1) is 46.3 Å². The van der Waals surface area contributed by atoms with Crippen molar-refractivity contribution in [2.45, 2.75) is 57.3 Å². The van der Waals surface area contributed by atoms with Gasteiger partial charge in [-0.1, -0.05) is 50.7 Å². The van der Waals surface area contributed by atoms with Crippen molar-refractivity contribution in [2.24, 2.45) is 5.41 Å². The van der Waals surface area contributed by atoms with Crippen molar-refractivity contribution in [3.63, 3.8) is 0 Å². The minimum Gasteiger partial charge on any atom is -0.429 e. The topological polar surface area (TPSA) is 36.9 Å². The molecule has 0 saturated carbocycles. The highest BCUT2D eigenvalue weighted by Crippen LogP contribution is 2.48. The number of fused-ring (bicyclic) bond motifs is 4. The normalized spacial score (nSPS) is 20.4. The molecule has 0 radical (unpaired) electrons. The fourth-order valence-corrected chi connectivity index (χ4v) is 6.15. The van der Waals surface area contributed by atoms with E-state index in [0.29, 0.717) is 24.3 Å². The molecule has 7 rings (SSSR count). The largest absolute Gasteiger partial charge is 0.458 e. The summed E-state index contributed by atoms with van der Waals surface area (Å²) in [6.45, 7) is 2.63. The Labute approximate surface area is 285 Å². The molecule has 0 amide bonds. The lowest BCUT2D eigenvalue weighted by Crippen LogP contribution is -2.58. The number of hydrogen-bond donors (Lipinski definition) is 0. The van der Waals surface area contributed by atoms with E-state index in [9.17, 15) is 22.0 Å². The molecule has 270 valence electrons. The average Bonchev–Trinajstić information content (AvgIpc) is 3.06. The molecule has 14 heteroatoms. The van der Waals surface area contributed by atoms with Crippen LogP contribution in [0.1, 0.15) is 55.7 Å². The molecule has 4 aromatic carbocycles. The average molecular weight is 727 g/mol. The fraction of sp³-hybridized carbons (Fsp3) is 0.351. The van der Waals surface area contributed by atoms with Crippen LogP contribution in [0.15, 0.2) is 54.6 Å². The summed E-state index contributed by atoms with van der Waals surface area (Å²) >= 11 is 0. The molecule has 2 bridgehead atoms. The first kappa shape index (κ1) is 36.5. The molecule has 4 aromatic rings. The maximum absolute atomic E-state index is 15.2. The van der Waals surface area contributed by atoms with Gasteiger partial charge in [0.15, 0.2) is 0 Å². The van der Waals surface area contributed by atoms with Crippen LogP contribution in [0.3, 0.4) is 0 Å². The quantitative estimate of drug-likeness (QED) is 0.0927. The van der Waals surface area contributed by atoms with E-state index in [0.717, 1.165) is 68.4 Å². The van der Waals surface area contributed by atoms with Gasteiger partial charge in [-0.3, -0.25) is 0 Å². The van der Waals surface area contributed by atoms with Gasteiger partial charge in [-0.05, 0) is 53.8 Å². The van der Waals surface area contributed by atoms with Crippen LogP contribution in [0.2, 0.25) is 0 Å². The zero-order valence-electron chi connectivity index (χ0n) is 26.8. The molecule has 3 aliphatic rings. The Morgan fingerprint density at radius 1 is 0.745 bits per heavy atom. The van der Waals surface area contributed by atoms with Gasteiger partial charge in [0.2, 0.25) is 0 Å². The standard InChI is InChI=1S/C37H28F10O4/c1-2-3-4-5-11-34-18-48-37(49-19-34,50-20-34)23-15-30(40)32(31(41)16-23)36(46,47)51-24-7-9-25(29(39)17-24)21-6-8-26-22(13-21)14-28(38)27(33(26)42)10-12-35(43,44)45/h6-9,13-17H,2-5,11,18-20H2,1H3. The number of alkyl halides is 5. The summed E-state index contributed by atoms with van der Waals surface area (Å²) in [5.74, 6) is -7.92. The molecule has 0 unspecified atom stereocenters. The third kappa shape index (κ3) is 7.38. The second kappa shape index (κ2) is 13.7. The van der Waals surface area contributed by atoms with E-state index in [1.807, 2.05) is 0 Å². The van der Waals surface area contributed by atoms with Gasteiger partial charge < -0.3 is 18.9 Å². The van der Waals surface area contributed by atoms with Crippen molar-refractivity contribution in [3.8, 4) is 28.7 Å². The van der Waals surface area contributed by atoms with Gasteiger partial charge in [-0.15, -0.1) is 0 Å². The molecule has 3 fully saturated rings. The Hall–Kier alpha value is -4.32. The van der Waals surface area contributed by atoms with E-state index in [1.165, 1.54) is 5.92 Å². The summed E-state index contributed by atoms with van der Waals surface area (Å²) in [5, 5.41) is -0.478. The first-order chi connectivity index (χ1) is 24.1. The fourth-order valence-electron chi connectivity index (χ4n) is 6.15. The highest BCUT2D eigenvalue weighted by atomic mass is 19.4. The maximum atomic E-state index is 15.2. The van der Waals surface area contributed by atoms with Crippen molar-refractivity contribution >= 4 is 10.8 Å². The van der Waals surface area contributed by atoms with Gasteiger partial charge in [0.1, 0.15) is 40.4 Å². The lowest BCUT2D eigenvalue weighted by Gasteiger charge is -2.52. The smallest absolute Gasteiger partial charge is 0.429 e. The Balaban J connectivity index is 1.19. The highest BCUT2D eigenvalue weighted by molar-refractivity contribution is 5.89. The monoisotopic (exact) mass is 726 g/mol. The highest BCUT2D eigenvalue weighted by Gasteiger charge is 2.54. The summed E-state index contributed by atoms with van der Waals surface area (Å²) in [6, 6.07) is 7.60. The lowest BCUT2D eigenvalue weighted by molar-refractivity contribution is -0.480. The SMILES string of the molecule is CCCCCCC12COC(c3cc(F)c(C(F)(F)Oc4ccc(-c5ccc6c(F)c(C#CC(F)(F)F)c(F)cc6c5)c(F)c4)c(F)c3)(OC1)OC2. The van der Waals surface area contributed by atoms with E-state index in [2.05, 4.69) is 11.7 Å².